The average Bonchev–Trinajstić information content (AvgIpc) is 2.92. The van der Waals surface area contributed by atoms with Gasteiger partial charge < -0.3 is 19.5 Å². The fraction of sp³-hybridized carbons (Fsp3) is 0.600. The maximum absolute atomic E-state index is 5.70. The molecular weight excluding hydrogens is 242 g/mol. The van der Waals surface area contributed by atoms with Gasteiger partial charge in [-0.2, -0.15) is 0 Å². The van der Waals surface area contributed by atoms with E-state index in [9.17, 15) is 0 Å². The van der Waals surface area contributed by atoms with E-state index in [2.05, 4.69) is 17.4 Å². The largest absolute Gasteiger partial charge is 0.486 e. The maximum atomic E-state index is 5.70. The molecule has 3 aliphatic heterocycles. The highest BCUT2D eigenvalue weighted by molar-refractivity contribution is 5.47. The zero-order valence-electron chi connectivity index (χ0n) is 11.0. The molecule has 4 rings (SSSR count). The van der Waals surface area contributed by atoms with Crippen LogP contribution < -0.4 is 14.8 Å². The highest BCUT2D eigenvalue weighted by atomic mass is 16.6. The van der Waals surface area contributed by atoms with E-state index in [1.807, 2.05) is 6.07 Å². The molecule has 0 aromatic heterocycles. The lowest BCUT2D eigenvalue weighted by molar-refractivity contribution is -0.0762. The summed E-state index contributed by atoms with van der Waals surface area (Å²) in [7, 11) is 0. The van der Waals surface area contributed by atoms with E-state index in [1.165, 1.54) is 18.4 Å². The van der Waals surface area contributed by atoms with E-state index in [0.29, 0.717) is 19.3 Å². The molecule has 102 valence electrons. The number of benzene rings is 1. The number of hydrogen-bond donors (Lipinski definition) is 1. The third-order valence-electron chi connectivity index (χ3n) is 4.56. The van der Waals surface area contributed by atoms with Crippen molar-refractivity contribution >= 4 is 0 Å². The lowest BCUT2D eigenvalue weighted by Crippen LogP contribution is -2.58. The van der Waals surface area contributed by atoms with Gasteiger partial charge >= 0.3 is 0 Å². The average molecular weight is 261 g/mol. The predicted molar refractivity (Wildman–Crippen MR) is 71.0 cm³/mol. The summed E-state index contributed by atoms with van der Waals surface area (Å²) in [4.78, 5) is 0. The second-order valence-corrected chi connectivity index (χ2v) is 5.66. The molecule has 2 saturated heterocycles. The minimum absolute atomic E-state index is 0.131. The zero-order chi connectivity index (χ0) is 12.7. The summed E-state index contributed by atoms with van der Waals surface area (Å²) in [6.07, 6.45) is 2.49. The Kier molecular flexibility index (Phi) is 2.67. The first-order valence-electron chi connectivity index (χ1n) is 7.10. The van der Waals surface area contributed by atoms with Gasteiger partial charge in [0.25, 0.3) is 0 Å². The third-order valence-corrected chi connectivity index (χ3v) is 4.56. The number of ether oxygens (including phenoxy) is 3. The molecule has 1 aromatic rings. The van der Waals surface area contributed by atoms with Crippen molar-refractivity contribution in [1.82, 2.24) is 5.32 Å². The van der Waals surface area contributed by atoms with E-state index >= 15 is 0 Å². The SMILES string of the molecule is c1cc2c(cc1C1(C3CCCN3)COC1)OCCO2. The molecule has 1 N–H and O–H groups in total. The van der Waals surface area contributed by atoms with Crippen LogP contribution in [0, 0.1) is 0 Å². The van der Waals surface area contributed by atoms with Crippen LogP contribution >= 0.6 is 0 Å². The van der Waals surface area contributed by atoms with Crippen molar-refractivity contribution < 1.29 is 14.2 Å². The van der Waals surface area contributed by atoms with Gasteiger partial charge in [-0.15, -0.1) is 0 Å². The Balaban J connectivity index is 1.70. The highest BCUT2D eigenvalue weighted by Crippen LogP contribution is 2.42. The van der Waals surface area contributed by atoms with Gasteiger partial charge in [0.1, 0.15) is 13.2 Å². The van der Waals surface area contributed by atoms with Crippen LogP contribution in [-0.4, -0.2) is 39.0 Å². The molecule has 19 heavy (non-hydrogen) atoms. The highest BCUT2D eigenvalue weighted by Gasteiger charge is 2.48. The molecule has 0 spiro atoms. The molecule has 0 radical (unpaired) electrons. The summed E-state index contributed by atoms with van der Waals surface area (Å²) in [6.45, 7) is 4.03. The van der Waals surface area contributed by atoms with E-state index in [0.717, 1.165) is 31.3 Å². The third kappa shape index (κ3) is 1.74. The molecule has 1 unspecified atom stereocenters. The lowest BCUT2D eigenvalue weighted by atomic mass is 9.72. The maximum Gasteiger partial charge on any atom is 0.161 e. The minimum atomic E-state index is 0.131. The van der Waals surface area contributed by atoms with Gasteiger partial charge in [-0.05, 0) is 37.1 Å². The number of rotatable bonds is 2. The molecule has 0 amide bonds. The van der Waals surface area contributed by atoms with Gasteiger partial charge in [-0.25, -0.2) is 0 Å². The molecule has 4 heteroatoms. The van der Waals surface area contributed by atoms with Gasteiger partial charge in [0.15, 0.2) is 11.5 Å². The summed E-state index contributed by atoms with van der Waals surface area (Å²) >= 11 is 0. The zero-order valence-corrected chi connectivity index (χ0v) is 11.0. The van der Waals surface area contributed by atoms with Gasteiger partial charge in [0.2, 0.25) is 0 Å². The molecule has 2 fully saturated rings. The summed E-state index contributed by atoms with van der Waals surface area (Å²) in [5.41, 5.74) is 1.45. The molecule has 0 aliphatic carbocycles. The molecule has 0 saturated carbocycles. The Bertz CT molecular complexity index is 478. The van der Waals surface area contributed by atoms with E-state index in [1.54, 1.807) is 0 Å². The Morgan fingerprint density at radius 1 is 1.11 bits per heavy atom. The van der Waals surface area contributed by atoms with Crippen LogP contribution in [0.4, 0.5) is 0 Å². The predicted octanol–water partition coefficient (Wildman–Crippen LogP) is 1.48. The van der Waals surface area contributed by atoms with Gasteiger partial charge in [0.05, 0.1) is 18.6 Å². The van der Waals surface area contributed by atoms with Gasteiger partial charge in [0, 0.05) is 6.04 Å². The van der Waals surface area contributed by atoms with Crippen LogP contribution in [0.3, 0.4) is 0 Å². The number of fused-ring (bicyclic) bond motifs is 1. The summed E-state index contributed by atoms with van der Waals surface area (Å²) in [5, 5.41) is 3.63. The summed E-state index contributed by atoms with van der Waals surface area (Å²) in [6, 6.07) is 6.90. The first kappa shape index (κ1) is 11.6. The van der Waals surface area contributed by atoms with Crippen LogP contribution in [0.25, 0.3) is 0 Å². The fourth-order valence-corrected chi connectivity index (χ4v) is 3.40. The van der Waals surface area contributed by atoms with Gasteiger partial charge in [-0.3, -0.25) is 0 Å². The monoisotopic (exact) mass is 261 g/mol. The van der Waals surface area contributed by atoms with Crippen molar-refractivity contribution in [2.45, 2.75) is 24.3 Å². The lowest BCUT2D eigenvalue weighted by Gasteiger charge is -2.46. The Labute approximate surface area is 113 Å². The molecule has 0 bridgehead atoms. The van der Waals surface area contributed by atoms with Crippen molar-refractivity contribution in [2.75, 3.05) is 33.0 Å². The van der Waals surface area contributed by atoms with Crippen LogP contribution in [0.2, 0.25) is 0 Å². The Hall–Kier alpha value is -1.26. The van der Waals surface area contributed by atoms with E-state index in [4.69, 9.17) is 14.2 Å². The quantitative estimate of drug-likeness (QED) is 0.875. The second kappa shape index (κ2) is 4.39. The number of nitrogens with one attached hydrogen (secondary N) is 1. The normalized spacial score (nSPS) is 27.9. The van der Waals surface area contributed by atoms with E-state index in [-0.39, 0.29) is 5.41 Å². The molecule has 1 aromatic carbocycles. The smallest absolute Gasteiger partial charge is 0.161 e. The number of hydrogen-bond acceptors (Lipinski definition) is 4. The Morgan fingerprint density at radius 3 is 2.63 bits per heavy atom. The Morgan fingerprint density at radius 2 is 1.95 bits per heavy atom. The summed E-state index contributed by atoms with van der Waals surface area (Å²) < 4.78 is 16.8. The first-order chi connectivity index (χ1) is 9.38. The topological polar surface area (TPSA) is 39.7 Å². The molecule has 4 nitrogen and oxygen atoms in total. The van der Waals surface area contributed by atoms with Gasteiger partial charge in [-0.1, -0.05) is 6.07 Å². The molecule has 3 aliphatic rings. The van der Waals surface area contributed by atoms with Crippen molar-refractivity contribution in [3.05, 3.63) is 23.8 Å². The van der Waals surface area contributed by atoms with Crippen molar-refractivity contribution in [3.8, 4) is 11.5 Å². The minimum Gasteiger partial charge on any atom is -0.486 e. The van der Waals surface area contributed by atoms with Crippen LogP contribution in [0.5, 0.6) is 11.5 Å². The fourth-order valence-electron chi connectivity index (χ4n) is 3.40. The molecular formula is C15H19NO3. The molecule has 1 atom stereocenters. The first-order valence-corrected chi connectivity index (χ1v) is 7.10. The second-order valence-electron chi connectivity index (χ2n) is 5.66. The van der Waals surface area contributed by atoms with Crippen LogP contribution in [0.1, 0.15) is 18.4 Å². The summed E-state index contributed by atoms with van der Waals surface area (Å²) in [5.74, 6) is 1.75. The van der Waals surface area contributed by atoms with Crippen LogP contribution in [-0.2, 0) is 10.2 Å². The van der Waals surface area contributed by atoms with Crippen molar-refractivity contribution in [1.29, 1.82) is 0 Å². The van der Waals surface area contributed by atoms with E-state index < -0.39 is 0 Å². The van der Waals surface area contributed by atoms with Crippen molar-refractivity contribution in [3.63, 3.8) is 0 Å². The van der Waals surface area contributed by atoms with Crippen molar-refractivity contribution in [2.24, 2.45) is 0 Å². The standard InChI is InChI=1S/C15H19NO3/c1-2-14(16-5-1)15(9-17-10-15)11-3-4-12-13(8-11)19-7-6-18-12/h3-4,8,14,16H,1-2,5-7,9-10H2. The molecule has 3 heterocycles. The van der Waals surface area contributed by atoms with Crippen LogP contribution in [0.15, 0.2) is 18.2 Å².